The molecule has 5 heteroatoms. The van der Waals surface area contributed by atoms with Crippen LogP contribution in [0.15, 0.2) is 42.5 Å². The fraction of sp³-hybridized carbons (Fsp3) is 0.368. The first-order chi connectivity index (χ1) is 11.6. The van der Waals surface area contributed by atoms with Crippen LogP contribution in [0.1, 0.15) is 18.4 Å². The molecule has 0 radical (unpaired) electrons. The summed E-state index contributed by atoms with van der Waals surface area (Å²) in [7, 11) is 0. The second-order valence-corrected chi connectivity index (χ2v) is 6.17. The van der Waals surface area contributed by atoms with Crippen molar-refractivity contribution in [2.45, 2.75) is 25.4 Å². The number of ether oxygens (including phenoxy) is 1. The van der Waals surface area contributed by atoms with Crippen molar-refractivity contribution < 1.29 is 19.4 Å². The highest BCUT2D eigenvalue weighted by atomic mass is 16.5. The first kappa shape index (κ1) is 16.5. The fourth-order valence-electron chi connectivity index (χ4n) is 3.02. The van der Waals surface area contributed by atoms with Gasteiger partial charge in [-0.05, 0) is 35.6 Å². The van der Waals surface area contributed by atoms with Gasteiger partial charge in [0.25, 0.3) is 0 Å². The number of hydrogen-bond acceptors (Lipinski definition) is 3. The van der Waals surface area contributed by atoms with E-state index in [-0.39, 0.29) is 12.5 Å². The number of carbonyl (C=O) groups excluding carboxylic acids is 1. The lowest BCUT2D eigenvalue weighted by molar-refractivity contribution is -0.141. The van der Waals surface area contributed by atoms with Crippen LogP contribution in [0.25, 0.3) is 10.8 Å². The molecule has 3 rings (SSSR count). The SMILES string of the molecule is O=C(O)C(CNC(=O)[C@@H]1CCCO1)Cc1ccc2ccccc2c1. The predicted octanol–water partition coefficient (Wildman–Crippen LogP) is 2.38. The number of carboxylic acids is 1. The van der Waals surface area contributed by atoms with E-state index in [1.165, 1.54) is 0 Å². The summed E-state index contributed by atoms with van der Waals surface area (Å²) < 4.78 is 5.31. The molecule has 1 amide bonds. The van der Waals surface area contributed by atoms with Gasteiger partial charge in [0.15, 0.2) is 0 Å². The lowest BCUT2D eigenvalue weighted by atomic mass is 9.97. The molecule has 1 fully saturated rings. The molecule has 0 aromatic heterocycles. The van der Waals surface area contributed by atoms with Gasteiger partial charge in [0, 0.05) is 13.2 Å². The van der Waals surface area contributed by atoms with Gasteiger partial charge in [0.1, 0.15) is 6.10 Å². The third kappa shape index (κ3) is 3.92. The Morgan fingerprint density at radius 1 is 1.21 bits per heavy atom. The molecular weight excluding hydrogens is 306 g/mol. The number of carboxylic acid groups (broad SMARTS) is 1. The normalized spacial score (nSPS) is 18.4. The van der Waals surface area contributed by atoms with Gasteiger partial charge in [0.05, 0.1) is 5.92 Å². The lowest BCUT2D eigenvalue weighted by Gasteiger charge is -2.16. The smallest absolute Gasteiger partial charge is 0.308 e. The maximum Gasteiger partial charge on any atom is 0.308 e. The van der Waals surface area contributed by atoms with E-state index in [9.17, 15) is 14.7 Å². The quantitative estimate of drug-likeness (QED) is 0.854. The Morgan fingerprint density at radius 3 is 2.71 bits per heavy atom. The average Bonchev–Trinajstić information content (AvgIpc) is 3.12. The molecule has 1 aliphatic heterocycles. The Kier molecular flexibility index (Phi) is 5.11. The van der Waals surface area contributed by atoms with Gasteiger partial charge in [0.2, 0.25) is 5.91 Å². The second-order valence-electron chi connectivity index (χ2n) is 6.17. The molecular formula is C19H21NO4. The molecule has 2 N–H and O–H groups in total. The molecule has 1 saturated heterocycles. The molecule has 2 aromatic carbocycles. The highest BCUT2D eigenvalue weighted by Gasteiger charge is 2.25. The number of hydrogen-bond donors (Lipinski definition) is 2. The average molecular weight is 327 g/mol. The summed E-state index contributed by atoms with van der Waals surface area (Å²) in [5.41, 5.74) is 0.951. The molecule has 5 nitrogen and oxygen atoms in total. The van der Waals surface area contributed by atoms with Gasteiger partial charge < -0.3 is 15.2 Å². The minimum Gasteiger partial charge on any atom is -0.481 e. The van der Waals surface area contributed by atoms with E-state index in [4.69, 9.17) is 4.74 Å². The Hall–Kier alpha value is -2.40. The Morgan fingerprint density at radius 2 is 2.00 bits per heavy atom. The number of fused-ring (bicyclic) bond motifs is 1. The summed E-state index contributed by atoms with van der Waals surface area (Å²) in [5, 5.41) is 14.4. The third-order valence-electron chi connectivity index (χ3n) is 4.39. The Labute approximate surface area is 140 Å². The van der Waals surface area contributed by atoms with Gasteiger partial charge in [-0.3, -0.25) is 9.59 Å². The van der Waals surface area contributed by atoms with Crippen LogP contribution < -0.4 is 5.32 Å². The molecule has 0 saturated carbocycles. The molecule has 1 heterocycles. The Bertz CT molecular complexity index is 737. The maximum atomic E-state index is 12.0. The highest BCUT2D eigenvalue weighted by molar-refractivity contribution is 5.83. The van der Waals surface area contributed by atoms with Crippen LogP contribution in [0.2, 0.25) is 0 Å². The van der Waals surface area contributed by atoms with Crippen molar-refractivity contribution in [2.24, 2.45) is 5.92 Å². The molecule has 0 aliphatic carbocycles. The van der Waals surface area contributed by atoms with E-state index in [1.807, 2.05) is 42.5 Å². The zero-order valence-electron chi connectivity index (χ0n) is 13.4. The monoisotopic (exact) mass is 327 g/mol. The number of nitrogens with one attached hydrogen (secondary N) is 1. The van der Waals surface area contributed by atoms with Gasteiger partial charge in [-0.15, -0.1) is 0 Å². The summed E-state index contributed by atoms with van der Waals surface area (Å²) in [4.78, 5) is 23.5. The van der Waals surface area contributed by atoms with E-state index in [2.05, 4.69) is 5.32 Å². The van der Waals surface area contributed by atoms with Crippen molar-refractivity contribution in [1.29, 1.82) is 0 Å². The number of carbonyl (C=O) groups is 2. The van der Waals surface area contributed by atoms with E-state index >= 15 is 0 Å². The first-order valence-corrected chi connectivity index (χ1v) is 8.23. The molecule has 0 spiro atoms. The van der Waals surface area contributed by atoms with Gasteiger partial charge in [-0.1, -0.05) is 42.5 Å². The first-order valence-electron chi connectivity index (χ1n) is 8.23. The number of rotatable bonds is 6. The van der Waals surface area contributed by atoms with Crippen LogP contribution >= 0.6 is 0 Å². The molecule has 24 heavy (non-hydrogen) atoms. The summed E-state index contributed by atoms with van der Waals surface area (Å²) in [6, 6.07) is 13.9. The summed E-state index contributed by atoms with van der Waals surface area (Å²) in [5.74, 6) is -1.77. The number of benzene rings is 2. The fourth-order valence-corrected chi connectivity index (χ4v) is 3.02. The van der Waals surface area contributed by atoms with Crippen LogP contribution in [-0.2, 0) is 20.7 Å². The van der Waals surface area contributed by atoms with E-state index < -0.39 is 18.0 Å². The number of amides is 1. The van der Waals surface area contributed by atoms with Crippen LogP contribution in [-0.4, -0.2) is 36.2 Å². The third-order valence-corrected chi connectivity index (χ3v) is 4.39. The van der Waals surface area contributed by atoms with Gasteiger partial charge in [-0.25, -0.2) is 0 Å². The molecule has 2 atom stereocenters. The van der Waals surface area contributed by atoms with Crippen molar-refractivity contribution in [2.75, 3.05) is 13.2 Å². The van der Waals surface area contributed by atoms with Crippen molar-refractivity contribution in [3.05, 3.63) is 48.0 Å². The van der Waals surface area contributed by atoms with Crippen LogP contribution in [0.5, 0.6) is 0 Å². The van der Waals surface area contributed by atoms with Crippen LogP contribution in [0.4, 0.5) is 0 Å². The standard InChI is InChI=1S/C19H21NO4/c21-18(17-6-3-9-24-17)20-12-16(19(22)23)11-13-7-8-14-4-1-2-5-15(14)10-13/h1-2,4-5,7-8,10,16-17H,3,6,9,11-12H2,(H,20,21)(H,22,23)/t16?,17-/m0/s1. The van der Waals surface area contributed by atoms with E-state index in [0.717, 1.165) is 22.8 Å². The molecule has 1 aliphatic rings. The zero-order valence-corrected chi connectivity index (χ0v) is 13.4. The van der Waals surface area contributed by atoms with Crippen LogP contribution in [0.3, 0.4) is 0 Å². The van der Waals surface area contributed by atoms with Crippen LogP contribution in [0, 0.1) is 5.92 Å². The topological polar surface area (TPSA) is 75.6 Å². The Balaban J connectivity index is 1.64. The van der Waals surface area contributed by atoms with Crippen molar-refractivity contribution >= 4 is 22.6 Å². The maximum absolute atomic E-state index is 12.0. The molecule has 126 valence electrons. The van der Waals surface area contributed by atoms with Crippen molar-refractivity contribution in [1.82, 2.24) is 5.32 Å². The minimum atomic E-state index is -0.907. The molecule has 0 bridgehead atoms. The van der Waals surface area contributed by atoms with E-state index in [0.29, 0.717) is 19.4 Å². The zero-order chi connectivity index (χ0) is 16.9. The van der Waals surface area contributed by atoms with Crippen molar-refractivity contribution in [3.63, 3.8) is 0 Å². The summed E-state index contributed by atoms with van der Waals surface area (Å²) in [6.45, 7) is 0.707. The summed E-state index contributed by atoms with van der Waals surface area (Å²) >= 11 is 0. The summed E-state index contributed by atoms with van der Waals surface area (Å²) in [6.07, 6.45) is 1.53. The van der Waals surface area contributed by atoms with E-state index in [1.54, 1.807) is 0 Å². The molecule has 2 aromatic rings. The second kappa shape index (κ2) is 7.45. The van der Waals surface area contributed by atoms with Gasteiger partial charge >= 0.3 is 5.97 Å². The minimum absolute atomic E-state index is 0.112. The lowest BCUT2D eigenvalue weighted by Crippen LogP contribution is -2.39. The largest absolute Gasteiger partial charge is 0.481 e. The highest BCUT2D eigenvalue weighted by Crippen LogP contribution is 2.18. The number of aliphatic carboxylic acids is 1. The molecule has 1 unspecified atom stereocenters. The predicted molar refractivity (Wildman–Crippen MR) is 90.8 cm³/mol. The van der Waals surface area contributed by atoms with Gasteiger partial charge in [-0.2, -0.15) is 0 Å². The van der Waals surface area contributed by atoms with Crippen molar-refractivity contribution in [3.8, 4) is 0 Å².